The van der Waals surface area contributed by atoms with E-state index in [1.807, 2.05) is 45.9 Å². The number of carbonyl (C=O) groups is 3. The van der Waals surface area contributed by atoms with Gasteiger partial charge in [0.1, 0.15) is 18.2 Å². The van der Waals surface area contributed by atoms with Crippen LogP contribution in [0.25, 0.3) is 0 Å². The van der Waals surface area contributed by atoms with Crippen LogP contribution >= 0.6 is 0 Å². The van der Waals surface area contributed by atoms with Gasteiger partial charge in [0.05, 0.1) is 0 Å². The van der Waals surface area contributed by atoms with Crippen LogP contribution in [0.4, 0.5) is 4.79 Å². The number of amides is 3. The highest BCUT2D eigenvalue weighted by Crippen LogP contribution is 2.26. The number of hydrogen-bond acceptors (Lipinski definition) is 4. The monoisotopic (exact) mass is 417 g/mol. The summed E-state index contributed by atoms with van der Waals surface area (Å²) >= 11 is 0. The van der Waals surface area contributed by atoms with Crippen molar-refractivity contribution >= 4 is 17.9 Å². The average Bonchev–Trinajstić information content (AvgIpc) is 2.60. The summed E-state index contributed by atoms with van der Waals surface area (Å²) in [5.74, 6) is -0.697. The molecule has 1 aromatic rings. The lowest BCUT2D eigenvalue weighted by atomic mass is 9.96. The third-order valence-electron chi connectivity index (χ3n) is 4.15. The summed E-state index contributed by atoms with van der Waals surface area (Å²) < 4.78 is 5.19. The summed E-state index contributed by atoms with van der Waals surface area (Å²) in [7, 11) is 0. The zero-order valence-corrected chi connectivity index (χ0v) is 19.2. The molecule has 1 unspecified atom stereocenters. The van der Waals surface area contributed by atoms with E-state index in [1.54, 1.807) is 26.8 Å². The molecule has 0 spiro atoms. The third-order valence-corrected chi connectivity index (χ3v) is 4.15. The van der Waals surface area contributed by atoms with Crippen molar-refractivity contribution in [3.05, 3.63) is 47.5 Å². The SMILES string of the molecule is C=CCN(C(=O)CNC(=O)OC(C)(C)C)C(C(=O)NC(C)C)c1cc(C)ccc1C. The molecule has 0 radical (unpaired) electrons. The number of aryl methyl sites for hydroxylation is 2. The summed E-state index contributed by atoms with van der Waals surface area (Å²) in [5.41, 5.74) is 1.94. The third kappa shape index (κ3) is 7.89. The molecular formula is C23H35N3O4. The van der Waals surface area contributed by atoms with Crippen LogP contribution in [0.3, 0.4) is 0 Å². The number of ether oxygens (including phenoxy) is 1. The Hall–Kier alpha value is -2.83. The van der Waals surface area contributed by atoms with Gasteiger partial charge in [-0.1, -0.05) is 29.8 Å². The fourth-order valence-electron chi connectivity index (χ4n) is 2.92. The van der Waals surface area contributed by atoms with E-state index in [9.17, 15) is 14.4 Å². The molecule has 0 aliphatic carbocycles. The fraction of sp³-hybridized carbons (Fsp3) is 0.522. The van der Waals surface area contributed by atoms with E-state index >= 15 is 0 Å². The van der Waals surface area contributed by atoms with Gasteiger partial charge in [-0.25, -0.2) is 4.79 Å². The maximum absolute atomic E-state index is 13.1. The Morgan fingerprint density at radius 3 is 2.37 bits per heavy atom. The Morgan fingerprint density at radius 1 is 1.20 bits per heavy atom. The minimum absolute atomic E-state index is 0.0920. The van der Waals surface area contributed by atoms with Crippen molar-refractivity contribution in [2.75, 3.05) is 13.1 Å². The topological polar surface area (TPSA) is 87.7 Å². The quantitative estimate of drug-likeness (QED) is 0.635. The van der Waals surface area contributed by atoms with Crippen LogP contribution in [0.2, 0.25) is 0 Å². The van der Waals surface area contributed by atoms with Gasteiger partial charge in [0.25, 0.3) is 0 Å². The molecule has 30 heavy (non-hydrogen) atoms. The molecule has 0 saturated heterocycles. The van der Waals surface area contributed by atoms with E-state index in [2.05, 4.69) is 17.2 Å². The number of rotatable bonds is 8. The van der Waals surface area contributed by atoms with Gasteiger partial charge >= 0.3 is 6.09 Å². The smallest absolute Gasteiger partial charge is 0.408 e. The molecule has 0 heterocycles. The Balaban J connectivity index is 3.22. The summed E-state index contributed by atoms with van der Waals surface area (Å²) in [6.45, 7) is 16.4. The Labute approximate surface area is 179 Å². The van der Waals surface area contributed by atoms with Crippen LogP contribution in [0.1, 0.15) is 57.4 Å². The van der Waals surface area contributed by atoms with Crippen LogP contribution in [0, 0.1) is 13.8 Å². The Kier molecular flexibility index (Phi) is 9.08. The molecule has 0 saturated carbocycles. The molecule has 166 valence electrons. The van der Waals surface area contributed by atoms with Gasteiger partial charge in [-0.3, -0.25) is 9.59 Å². The van der Waals surface area contributed by atoms with Gasteiger partial charge in [-0.2, -0.15) is 0 Å². The molecule has 2 N–H and O–H groups in total. The Morgan fingerprint density at radius 2 is 1.83 bits per heavy atom. The zero-order chi connectivity index (χ0) is 23.1. The minimum atomic E-state index is -0.849. The normalized spacial score (nSPS) is 12.1. The number of nitrogens with zero attached hydrogens (tertiary/aromatic N) is 1. The van der Waals surface area contributed by atoms with E-state index in [1.165, 1.54) is 4.90 Å². The summed E-state index contributed by atoms with van der Waals surface area (Å²) in [6, 6.07) is 4.85. The second kappa shape index (κ2) is 10.8. The van der Waals surface area contributed by atoms with Gasteiger partial charge in [0, 0.05) is 12.6 Å². The minimum Gasteiger partial charge on any atom is -0.444 e. The molecule has 7 nitrogen and oxygen atoms in total. The molecule has 0 fully saturated rings. The van der Waals surface area contributed by atoms with Crippen molar-refractivity contribution in [1.29, 1.82) is 0 Å². The van der Waals surface area contributed by atoms with E-state index in [4.69, 9.17) is 4.74 Å². The highest BCUT2D eigenvalue weighted by molar-refractivity contribution is 5.91. The number of benzene rings is 1. The highest BCUT2D eigenvalue weighted by atomic mass is 16.6. The first-order valence-corrected chi connectivity index (χ1v) is 10.1. The lowest BCUT2D eigenvalue weighted by Gasteiger charge is -2.32. The molecule has 0 aliphatic rings. The van der Waals surface area contributed by atoms with Crippen molar-refractivity contribution in [1.82, 2.24) is 15.5 Å². The average molecular weight is 418 g/mol. The number of alkyl carbamates (subject to hydrolysis) is 1. The van der Waals surface area contributed by atoms with E-state index in [-0.39, 0.29) is 25.0 Å². The molecule has 0 aromatic heterocycles. The fourth-order valence-corrected chi connectivity index (χ4v) is 2.92. The van der Waals surface area contributed by atoms with E-state index in [0.717, 1.165) is 16.7 Å². The lowest BCUT2D eigenvalue weighted by Crippen LogP contribution is -2.49. The van der Waals surface area contributed by atoms with Crippen molar-refractivity contribution in [2.24, 2.45) is 0 Å². The summed E-state index contributed by atoms with van der Waals surface area (Å²) in [4.78, 5) is 39.5. The van der Waals surface area contributed by atoms with Crippen molar-refractivity contribution in [2.45, 2.75) is 66.2 Å². The maximum Gasteiger partial charge on any atom is 0.408 e. The molecule has 1 aromatic carbocycles. The van der Waals surface area contributed by atoms with Crippen LogP contribution in [-0.4, -0.2) is 47.5 Å². The van der Waals surface area contributed by atoms with Crippen LogP contribution in [0.15, 0.2) is 30.9 Å². The first-order chi connectivity index (χ1) is 13.9. The predicted molar refractivity (Wildman–Crippen MR) is 118 cm³/mol. The van der Waals surface area contributed by atoms with Gasteiger partial charge in [0.2, 0.25) is 11.8 Å². The first-order valence-electron chi connectivity index (χ1n) is 10.1. The van der Waals surface area contributed by atoms with Gasteiger partial charge in [-0.15, -0.1) is 6.58 Å². The highest BCUT2D eigenvalue weighted by Gasteiger charge is 2.32. The summed E-state index contributed by atoms with van der Waals surface area (Å²) in [6.07, 6.45) is 0.871. The molecule has 0 bridgehead atoms. The molecule has 1 rings (SSSR count). The number of nitrogens with one attached hydrogen (secondary N) is 2. The van der Waals surface area contributed by atoms with Crippen LogP contribution in [-0.2, 0) is 14.3 Å². The summed E-state index contributed by atoms with van der Waals surface area (Å²) in [5, 5.41) is 5.37. The second-order valence-corrected chi connectivity index (χ2v) is 8.62. The van der Waals surface area contributed by atoms with Gasteiger partial charge in [0.15, 0.2) is 0 Å². The largest absolute Gasteiger partial charge is 0.444 e. The van der Waals surface area contributed by atoms with Crippen molar-refractivity contribution in [3.8, 4) is 0 Å². The molecule has 0 aliphatic heterocycles. The van der Waals surface area contributed by atoms with Gasteiger partial charge in [-0.05, 0) is 59.6 Å². The number of carbonyl (C=O) groups excluding carboxylic acids is 3. The molecule has 3 amide bonds. The van der Waals surface area contributed by atoms with Crippen LogP contribution in [0.5, 0.6) is 0 Å². The van der Waals surface area contributed by atoms with E-state index < -0.39 is 23.6 Å². The Bertz CT molecular complexity index is 781. The first kappa shape index (κ1) is 25.2. The lowest BCUT2D eigenvalue weighted by molar-refractivity contribution is -0.139. The maximum atomic E-state index is 13.1. The molecule has 7 heteroatoms. The van der Waals surface area contributed by atoms with Gasteiger partial charge < -0.3 is 20.3 Å². The number of hydrogen-bond donors (Lipinski definition) is 2. The van der Waals surface area contributed by atoms with E-state index in [0.29, 0.717) is 0 Å². The predicted octanol–water partition coefficient (Wildman–Crippen LogP) is 3.41. The second-order valence-electron chi connectivity index (χ2n) is 8.62. The van der Waals surface area contributed by atoms with Crippen molar-refractivity contribution in [3.63, 3.8) is 0 Å². The standard InChI is InChI=1S/C23H35N3O4/c1-9-12-26(19(27)14-24-22(29)30-23(6,7)8)20(21(28)25-15(2)3)18-13-16(4)10-11-17(18)5/h9-11,13,15,20H,1,12,14H2,2-8H3,(H,24,29)(H,25,28). The molecular weight excluding hydrogens is 382 g/mol. The van der Waals surface area contributed by atoms with Crippen molar-refractivity contribution < 1.29 is 19.1 Å². The zero-order valence-electron chi connectivity index (χ0n) is 19.2. The molecule has 1 atom stereocenters. The van der Waals surface area contributed by atoms with Crippen LogP contribution < -0.4 is 10.6 Å².